The Morgan fingerprint density at radius 1 is 1.62 bits per heavy atom. The van der Waals surface area contributed by atoms with Crippen LogP contribution >= 0.6 is 0 Å². The normalized spacial score (nSPS) is 30.6. The van der Waals surface area contributed by atoms with Gasteiger partial charge in [0, 0.05) is 12.0 Å². The molecule has 0 unspecified atom stereocenters. The molecular formula is C10H17NO2. The Bertz CT molecular complexity index is 223. The van der Waals surface area contributed by atoms with Crippen molar-refractivity contribution in [3.05, 3.63) is 0 Å². The van der Waals surface area contributed by atoms with Gasteiger partial charge in [0.25, 0.3) is 0 Å². The second kappa shape index (κ2) is 2.98. The topological polar surface area (TPSA) is 40.5 Å². The quantitative estimate of drug-likeness (QED) is 0.687. The summed E-state index contributed by atoms with van der Waals surface area (Å²) in [4.78, 5) is 13.8. The summed E-state index contributed by atoms with van der Waals surface area (Å²) in [6.07, 6.45) is 4.08. The molecule has 3 nitrogen and oxygen atoms in total. The van der Waals surface area contributed by atoms with Crippen LogP contribution in [0.3, 0.4) is 0 Å². The summed E-state index contributed by atoms with van der Waals surface area (Å²) >= 11 is 0. The van der Waals surface area contributed by atoms with Gasteiger partial charge in [-0.1, -0.05) is 6.92 Å². The molecule has 74 valence electrons. The average molecular weight is 183 g/mol. The molecule has 0 aromatic rings. The highest BCUT2D eigenvalue weighted by molar-refractivity contribution is 5.85. The number of rotatable bonds is 2. The van der Waals surface area contributed by atoms with Gasteiger partial charge in [0.2, 0.25) is 5.91 Å². The molecule has 2 rings (SSSR count). The number of carbonyl (C=O) groups excluding carboxylic acids is 1. The lowest BCUT2D eigenvalue weighted by Crippen LogP contribution is -2.41. The third kappa shape index (κ3) is 1.46. The fourth-order valence-electron chi connectivity index (χ4n) is 2.04. The number of carbonyl (C=O) groups is 1. The van der Waals surface area contributed by atoms with Gasteiger partial charge in [-0.05, 0) is 25.7 Å². The van der Waals surface area contributed by atoms with Crippen molar-refractivity contribution >= 4 is 5.91 Å². The van der Waals surface area contributed by atoms with Crippen molar-refractivity contribution < 1.29 is 9.90 Å². The molecule has 1 aliphatic heterocycles. The maximum absolute atomic E-state index is 11.9. The van der Waals surface area contributed by atoms with Gasteiger partial charge in [-0.25, -0.2) is 0 Å². The summed E-state index contributed by atoms with van der Waals surface area (Å²) in [5.41, 5.74) is -0.0717. The van der Waals surface area contributed by atoms with Gasteiger partial charge in [-0.2, -0.15) is 0 Å². The van der Waals surface area contributed by atoms with Crippen LogP contribution in [0.1, 0.15) is 32.6 Å². The van der Waals surface area contributed by atoms with Crippen molar-refractivity contribution in [1.29, 1.82) is 0 Å². The summed E-state index contributed by atoms with van der Waals surface area (Å²) < 4.78 is 0. The average Bonchev–Trinajstić information content (AvgIpc) is 2.71. The largest absolute Gasteiger partial charge is 0.394 e. The molecule has 1 amide bonds. The molecule has 1 saturated heterocycles. The Labute approximate surface area is 78.7 Å². The molecule has 0 aromatic carbocycles. The first-order chi connectivity index (χ1) is 6.17. The summed E-state index contributed by atoms with van der Waals surface area (Å²) in [6.45, 7) is 3.00. The maximum atomic E-state index is 11.9. The van der Waals surface area contributed by atoms with Crippen LogP contribution in [-0.4, -0.2) is 35.1 Å². The van der Waals surface area contributed by atoms with Crippen LogP contribution in [0.2, 0.25) is 0 Å². The van der Waals surface area contributed by atoms with E-state index in [-0.39, 0.29) is 24.0 Å². The van der Waals surface area contributed by atoms with Crippen molar-refractivity contribution in [2.75, 3.05) is 13.2 Å². The molecule has 3 heteroatoms. The molecule has 1 N–H and O–H groups in total. The Morgan fingerprint density at radius 2 is 2.31 bits per heavy atom. The van der Waals surface area contributed by atoms with Crippen LogP contribution in [0.15, 0.2) is 0 Å². The standard InChI is InChI=1S/C10H17NO2/c1-10(4-5-10)9(13)11-6-2-3-8(11)7-12/h8,12H,2-7H2,1H3/t8-/m0/s1. The van der Waals surface area contributed by atoms with E-state index in [2.05, 4.69) is 0 Å². The van der Waals surface area contributed by atoms with E-state index in [1.807, 2.05) is 11.8 Å². The number of aliphatic hydroxyl groups excluding tert-OH is 1. The molecular weight excluding hydrogens is 166 g/mol. The van der Waals surface area contributed by atoms with Gasteiger partial charge in [0.15, 0.2) is 0 Å². The molecule has 2 fully saturated rings. The van der Waals surface area contributed by atoms with Crippen LogP contribution in [0.4, 0.5) is 0 Å². The summed E-state index contributed by atoms with van der Waals surface area (Å²) in [5.74, 6) is 0.268. The highest BCUT2D eigenvalue weighted by Crippen LogP contribution is 2.47. The van der Waals surface area contributed by atoms with E-state index < -0.39 is 0 Å². The van der Waals surface area contributed by atoms with Crippen LogP contribution in [0.5, 0.6) is 0 Å². The first kappa shape index (κ1) is 9.00. The van der Waals surface area contributed by atoms with Crippen LogP contribution < -0.4 is 0 Å². The predicted octanol–water partition coefficient (Wildman–Crippen LogP) is 0.770. The fraction of sp³-hybridized carbons (Fsp3) is 0.900. The van der Waals surface area contributed by atoms with E-state index in [9.17, 15) is 4.79 Å². The van der Waals surface area contributed by atoms with E-state index >= 15 is 0 Å². The molecule has 1 saturated carbocycles. The molecule has 0 spiro atoms. The molecule has 13 heavy (non-hydrogen) atoms. The second-order valence-corrected chi connectivity index (χ2v) is 4.54. The third-order valence-electron chi connectivity index (χ3n) is 3.37. The van der Waals surface area contributed by atoms with Crippen LogP contribution in [-0.2, 0) is 4.79 Å². The lowest BCUT2D eigenvalue weighted by atomic mass is 10.1. The van der Waals surface area contributed by atoms with Crippen molar-refractivity contribution in [3.63, 3.8) is 0 Å². The van der Waals surface area contributed by atoms with Crippen molar-refractivity contribution in [2.45, 2.75) is 38.6 Å². The number of hydrogen-bond donors (Lipinski definition) is 1. The molecule has 2 aliphatic rings. The minimum Gasteiger partial charge on any atom is -0.394 e. The van der Waals surface area contributed by atoms with E-state index in [1.165, 1.54) is 0 Å². The first-order valence-electron chi connectivity index (χ1n) is 5.09. The number of nitrogens with zero attached hydrogens (tertiary/aromatic N) is 1. The van der Waals surface area contributed by atoms with E-state index in [4.69, 9.17) is 5.11 Å². The maximum Gasteiger partial charge on any atom is 0.228 e. The van der Waals surface area contributed by atoms with E-state index in [0.717, 1.165) is 32.2 Å². The number of aliphatic hydroxyl groups is 1. The minimum atomic E-state index is -0.0717. The second-order valence-electron chi connectivity index (χ2n) is 4.54. The molecule has 0 bridgehead atoms. The number of amides is 1. The lowest BCUT2D eigenvalue weighted by molar-refractivity contribution is -0.137. The summed E-state index contributed by atoms with van der Waals surface area (Å²) in [5, 5.41) is 9.08. The number of likely N-dealkylation sites (tertiary alicyclic amines) is 1. The minimum absolute atomic E-state index is 0.0717. The molecule has 1 heterocycles. The predicted molar refractivity (Wildman–Crippen MR) is 49.2 cm³/mol. The molecule has 0 radical (unpaired) electrons. The summed E-state index contributed by atoms with van der Waals surface area (Å²) in [7, 11) is 0. The third-order valence-corrected chi connectivity index (χ3v) is 3.37. The highest BCUT2D eigenvalue weighted by Gasteiger charge is 2.48. The van der Waals surface area contributed by atoms with Crippen LogP contribution in [0, 0.1) is 5.41 Å². The van der Waals surface area contributed by atoms with Gasteiger partial charge >= 0.3 is 0 Å². The van der Waals surface area contributed by atoms with E-state index in [1.54, 1.807) is 0 Å². The zero-order chi connectivity index (χ0) is 9.47. The van der Waals surface area contributed by atoms with Crippen molar-refractivity contribution in [2.24, 2.45) is 5.41 Å². The Kier molecular flexibility index (Phi) is 2.06. The monoisotopic (exact) mass is 183 g/mol. The Morgan fingerprint density at radius 3 is 2.85 bits per heavy atom. The molecule has 0 aromatic heterocycles. The van der Waals surface area contributed by atoms with E-state index in [0.29, 0.717) is 0 Å². The summed E-state index contributed by atoms with van der Waals surface area (Å²) in [6, 6.07) is 0.102. The number of hydrogen-bond acceptors (Lipinski definition) is 2. The first-order valence-corrected chi connectivity index (χ1v) is 5.09. The van der Waals surface area contributed by atoms with Crippen LogP contribution in [0.25, 0.3) is 0 Å². The van der Waals surface area contributed by atoms with Gasteiger partial charge in [0.1, 0.15) is 0 Å². The Hall–Kier alpha value is -0.570. The molecule has 1 atom stereocenters. The zero-order valence-electron chi connectivity index (χ0n) is 8.12. The smallest absolute Gasteiger partial charge is 0.228 e. The van der Waals surface area contributed by atoms with Gasteiger partial charge in [-0.3, -0.25) is 4.79 Å². The van der Waals surface area contributed by atoms with Crippen molar-refractivity contribution in [3.8, 4) is 0 Å². The fourth-order valence-corrected chi connectivity index (χ4v) is 2.04. The molecule has 1 aliphatic carbocycles. The van der Waals surface area contributed by atoms with Gasteiger partial charge < -0.3 is 10.0 Å². The van der Waals surface area contributed by atoms with Gasteiger partial charge in [0.05, 0.1) is 12.6 Å². The SMILES string of the molecule is CC1(C(=O)N2CCC[C@H]2CO)CC1. The van der Waals surface area contributed by atoms with Crippen molar-refractivity contribution in [1.82, 2.24) is 4.90 Å². The van der Waals surface area contributed by atoms with Gasteiger partial charge in [-0.15, -0.1) is 0 Å². The zero-order valence-corrected chi connectivity index (χ0v) is 8.12. The lowest BCUT2D eigenvalue weighted by Gasteiger charge is -2.26. The highest BCUT2D eigenvalue weighted by atomic mass is 16.3. The Balaban J connectivity index is 2.03.